The van der Waals surface area contributed by atoms with Gasteiger partial charge in [-0.3, -0.25) is 0 Å². The molecule has 0 amide bonds. The van der Waals surface area contributed by atoms with Crippen molar-refractivity contribution in [2.75, 3.05) is 26.0 Å². The van der Waals surface area contributed by atoms with Crippen molar-refractivity contribution in [3.8, 4) is 0 Å². The van der Waals surface area contributed by atoms with Gasteiger partial charge >= 0.3 is 0 Å². The number of hydrogen-bond acceptors (Lipinski definition) is 2. The van der Waals surface area contributed by atoms with E-state index < -0.39 is 10.2 Å². The second-order valence-electron chi connectivity index (χ2n) is 4.05. The Hall–Kier alpha value is 0.350. The zero-order valence-electron chi connectivity index (χ0n) is 8.59. The molecule has 14 heavy (non-hydrogen) atoms. The molecule has 84 valence electrons. The van der Waals surface area contributed by atoms with Crippen molar-refractivity contribution >= 4 is 26.1 Å². The first-order valence-corrected chi connectivity index (χ1v) is 7.21. The molecule has 0 radical (unpaired) electrons. The fourth-order valence-electron chi connectivity index (χ4n) is 1.27. The highest BCUT2D eigenvalue weighted by atomic mass is 79.9. The van der Waals surface area contributed by atoms with Crippen molar-refractivity contribution in [2.24, 2.45) is 5.41 Å². The Balaban J connectivity index is 2.41. The Labute approximate surface area is 94.4 Å². The Morgan fingerprint density at radius 2 is 2.00 bits per heavy atom. The van der Waals surface area contributed by atoms with E-state index in [1.807, 2.05) is 0 Å². The van der Waals surface area contributed by atoms with Crippen LogP contribution in [0.25, 0.3) is 0 Å². The van der Waals surface area contributed by atoms with E-state index >= 15 is 0 Å². The van der Waals surface area contributed by atoms with E-state index in [9.17, 15) is 8.42 Å². The largest absolute Gasteiger partial charge is 0.278 e. The summed E-state index contributed by atoms with van der Waals surface area (Å²) in [6.45, 7) is 0.569. The smallest absolute Gasteiger partial charge is 0.202 e. The number of halogens is 1. The summed E-state index contributed by atoms with van der Waals surface area (Å²) in [5, 5.41) is 0.941. The first kappa shape index (κ1) is 12.4. The molecule has 0 heterocycles. The number of hydrogen-bond donors (Lipinski definition) is 1. The predicted molar refractivity (Wildman–Crippen MR) is 60.7 cm³/mol. The molecule has 1 fully saturated rings. The van der Waals surface area contributed by atoms with Crippen molar-refractivity contribution in [3.05, 3.63) is 0 Å². The average molecular weight is 285 g/mol. The number of nitrogens with one attached hydrogen (secondary N) is 1. The van der Waals surface area contributed by atoms with Crippen molar-refractivity contribution < 1.29 is 8.42 Å². The zero-order valence-corrected chi connectivity index (χ0v) is 11.0. The highest BCUT2D eigenvalue weighted by Crippen LogP contribution is 2.48. The standard InChI is InChI=1S/C8H17BrN2O2S/c1-11(2)14(12,13)10-7-8(3-4-8)5-6-9/h10H,3-7H2,1-2H3. The lowest BCUT2D eigenvalue weighted by Crippen LogP contribution is -2.38. The monoisotopic (exact) mass is 284 g/mol. The molecule has 0 aromatic heterocycles. The van der Waals surface area contributed by atoms with Crippen LogP contribution in [0.2, 0.25) is 0 Å². The van der Waals surface area contributed by atoms with Gasteiger partial charge in [0.1, 0.15) is 0 Å². The third kappa shape index (κ3) is 3.18. The third-order valence-corrected chi connectivity index (χ3v) is 4.56. The molecule has 1 saturated carbocycles. The maximum absolute atomic E-state index is 11.4. The molecular weight excluding hydrogens is 268 g/mol. The van der Waals surface area contributed by atoms with Crippen molar-refractivity contribution in [3.63, 3.8) is 0 Å². The molecule has 0 aliphatic heterocycles. The first-order valence-electron chi connectivity index (χ1n) is 4.65. The minimum atomic E-state index is -3.24. The van der Waals surface area contributed by atoms with Crippen LogP contribution in [-0.4, -0.2) is 38.7 Å². The Bertz CT molecular complexity index is 286. The van der Waals surface area contributed by atoms with Crippen molar-refractivity contribution in [1.82, 2.24) is 9.03 Å². The quantitative estimate of drug-likeness (QED) is 0.739. The van der Waals surface area contributed by atoms with Crippen LogP contribution in [-0.2, 0) is 10.2 Å². The molecule has 6 heteroatoms. The van der Waals surface area contributed by atoms with Crippen LogP contribution in [0.5, 0.6) is 0 Å². The van der Waals surface area contributed by atoms with E-state index in [-0.39, 0.29) is 5.41 Å². The Kier molecular flexibility index (Phi) is 3.96. The van der Waals surface area contributed by atoms with Crippen LogP contribution < -0.4 is 4.72 Å². The molecule has 0 aromatic rings. The second-order valence-corrected chi connectivity index (χ2v) is 6.81. The van der Waals surface area contributed by atoms with Gasteiger partial charge in [0.15, 0.2) is 0 Å². The molecule has 1 N–H and O–H groups in total. The van der Waals surface area contributed by atoms with Gasteiger partial charge in [-0.1, -0.05) is 15.9 Å². The van der Waals surface area contributed by atoms with Crippen LogP contribution in [0.3, 0.4) is 0 Å². The van der Waals surface area contributed by atoms with Gasteiger partial charge in [-0.05, 0) is 24.7 Å². The second kappa shape index (κ2) is 4.47. The van der Waals surface area contributed by atoms with Gasteiger partial charge in [-0.25, -0.2) is 4.72 Å². The van der Waals surface area contributed by atoms with Gasteiger partial charge < -0.3 is 0 Å². The number of alkyl halides is 1. The summed E-state index contributed by atoms with van der Waals surface area (Å²) in [4.78, 5) is 0. The molecule has 1 aliphatic rings. The number of nitrogens with zero attached hydrogens (tertiary/aromatic N) is 1. The average Bonchev–Trinajstić information content (AvgIpc) is 2.83. The van der Waals surface area contributed by atoms with Crippen molar-refractivity contribution in [1.29, 1.82) is 0 Å². The van der Waals surface area contributed by atoms with Crippen LogP contribution in [0.4, 0.5) is 0 Å². The van der Waals surface area contributed by atoms with Crippen LogP contribution in [0.1, 0.15) is 19.3 Å². The summed E-state index contributed by atoms with van der Waals surface area (Å²) in [5.74, 6) is 0. The maximum atomic E-state index is 11.4. The lowest BCUT2D eigenvalue weighted by Gasteiger charge is -2.17. The van der Waals surface area contributed by atoms with Gasteiger partial charge in [0.25, 0.3) is 10.2 Å². The van der Waals surface area contributed by atoms with Gasteiger partial charge in [0, 0.05) is 26.0 Å². The summed E-state index contributed by atoms with van der Waals surface area (Å²) < 4.78 is 26.7. The molecule has 0 spiro atoms. The third-order valence-electron chi connectivity index (χ3n) is 2.69. The van der Waals surface area contributed by atoms with Crippen molar-refractivity contribution in [2.45, 2.75) is 19.3 Å². The van der Waals surface area contributed by atoms with Gasteiger partial charge in [-0.15, -0.1) is 0 Å². The van der Waals surface area contributed by atoms with Crippen LogP contribution >= 0.6 is 15.9 Å². The van der Waals surface area contributed by atoms with Crippen LogP contribution in [0, 0.1) is 5.41 Å². The molecule has 0 unspecified atom stereocenters. The molecule has 0 atom stereocenters. The lowest BCUT2D eigenvalue weighted by molar-refractivity contribution is 0.457. The topological polar surface area (TPSA) is 49.4 Å². The Morgan fingerprint density at radius 3 is 2.36 bits per heavy atom. The van der Waals surface area contributed by atoms with E-state index in [4.69, 9.17) is 0 Å². The minimum absolute atomic E-state index is 0.229. The van der Waals surface area contributed by atoms with Crippen LogP contribution in [0.15, 0.2) is 0 Å². The zero-order chi connectivity index (χ0) is 10.8. The molecule has 0 aromatic carbocycles. The fraction of sp³-hybridized carbons (Fsp3) is 1.00. The van der Waals surface area contributed by atoms with Gasteiger partial charge in [0.05, 0.1) is 0 Å². The van der Waals surface area contributed by atoms with Gasteiger partial charge in [0.2, 0.25) is 0 Å². The summed E-state index contributed by atoms with van der Waals surface area (Å²) >= 11 is 3.39. The highest BCUT2D eigenvalue weighted by Gasteiger charge is 2.42. The normalized spacial score (nSPS) is 20.0. The SMILES string of the molecule is CN(C)S(=O)(=O)NCC1(CCBr)CC1. The van der Waals surface area contributed by atoms with E-state index in [1.54, 1.807) is 0 Å². The van der Waals surface area contributed by atoms with E-state index in [2.05, 4.69) is 20.7 Å². The number of rotatable bonds is 6. The molecule has 0 saturated heterocycles. The predicted octanol–water partition coefficient (Wildman–Crippen LogP) is 0.948. The van der Waals surface area contributed by atoms with Gasteiger partial charge in [-0.2, -0.15) is 12.7 Å². The molecule has 0 bridgehead atoms. The van der Waals surface area contributed by atoms with E-state index in [0.29, 0.717) is 6.54 Å². The fourth-order valence-corrected chi connectivity index (χ4v) is 2.85. The summed E-state index contributed by atoms with van der Waals surface area (Å²) in [7, 11) is -0.173. The van der Waals surface area contributed by atoms with E-state index in [1.165, 1.54) is 18.4 Å². The molecule has 4 nitrogen and oxygen atoms in total. The van der Waals surface area contributed by atoms with E-state index in [0.717, 1.165) is 24.6 Å². The molecule has 1 rings (SSSR count). The minimum Gasteiger partial charge on any atom is -0.202 e. The maximum Gasteiger partial charge on any atom is 0.278 e. The first-order chi connectivity index (χ1) is 6.42. The molecular formula is C8H17BrN2O2S. The highest BCUT2D eigenvalue weighted by molar-refractivity contribution is 9.09. The summed E-state index contributed by atoms with van der Waals surface area (Å²) in [6.07, 6.45) is 3.31. The summed E-state index contributed by atoms with van der Waals surface area (Å²) in [6, 6.07) is 0. The molecule has 1 aliphatic carbocycles. The Morgan fingerprint density at radius 1 is 1.43 bits per heavy atom. The lowest BCUT2D eigenvalue weighted by atomic mass is 10.1. The summed E-state index contributed by atoms with van der Waals surface area (Å²) in [5.41, 5.74) is 0.229.